The number of benzene rings is 2. The number of rotatable bonds is 9. The highest BCUT2D eigenvalue weighted by atomic mass is 35.5. The van der Waals surface area contributed by atoms with Gasteiger partial charge in [-0.05, 0) is 74.3 Å². The number of aromatic nitrogens is 2. The van der Waals surface area contributed by atoms with E-state index in [2.05, 4.69) is 15.7 Å². The lowest BCUT2D eigenvalue weighted by Crippen LogP contribution is -2.31. The average Bonchev–Trinajstić information content (AvgIpc) is 3.34. The summed E-state index contributed by atoms with van der Waals surface area (Å²) < 4.78 is 17.9. The number of nitrogens with zero attached hydrogens (tertiary/aromatic N) is 2. The maximum Gasteiger partial charge on any atom is 0.254 e. The van der Waals surface area contributed by atoms with Crippen molar-refractivity contribution in [3.63, 3.8) is 0 Å². The molecule has 1 aliphatic rings. The van der Waals surface area contributed by atoms with Gasteiger partial charge < -0.3 is 24.8 Å². The van der Waals surface area contributed by atoms with Gasteiger partial charge >= 0.3 is 0 Å². The van der Waals surface area contributed by atoms with E-state index in [4.69, 9.17) is 14.2 Å². The van der Waals surface area contributed by atoms with Gasteiger partial charge in [-0.3, -0.25) is 4.79 Å². The Balaban J connectivity index is 0.00000342. The van der Waals surface area contributed by atoms with Crippen LogP contribution in [0.4, 0.5) is 0 Å². The summed E-state index contributed by atoms with van der Waals surface area (Å²) in [5, 5.41) is 11.1. The number of carbonyl (C=O) groups excluding carboxylic acids is 1. The van der Waals surface area contributed by atoms with Gasteiger partial charge in [-0.2, -0.15) is 5.10 Å². The number of ether oxygens (including phenoxy) is 3. The van der Waals surface area contributed by atoms with Crippen LogP contribution in [0.5, 0.6) is 17.2 Å². The second-order valence-electron chi connectivity index (χ2n) is 8.27. The summed E-state index contributed by atoms with van der Waals surface area (Å²) in [5.74, 6) is 2.31. The maximum absolute atomic E-state index is 13.2. The van der Waals surface area contributed by atoms with Crippen LogP contribution in [0.1, 0.15) is 40.4 Å². The molecule has 188 valence electrons. The van der Waals surface area contributed by atoms with E-state index in [1.165, 1.54) is 0 Å². The first-order chi connectivity index (χ1) is 16.6. The number of halogens is 1. The van der Waals surface area contributed by atoms with Gasteiger partial charge in [-0.25, -0.2) is 4.68 Å². The molecule has 9 heteroatoms. The summed E-state index contributed by atoms with van der Waals surface area (Å²) in [7, 11) is 4.88. The van der Waals surface area contributed by atoms with E-state index in [0.29, 0.717) is 30.0 Å². The number of methoxy groups -OCH3 is 3. The van der Waals surface area contributed by atoms with Crippen LogP contribution in [0, 0.1) is 0 Å². The highest BCUT2D eigenvalue weighted by Crippen LogP contribution is 2.31. The number of hydrogen-bond donors (Lipinski definition) is 2. The van der Waals surface area contributed by atoms with Gasteiger partial charge in [0.05, 0.1) is 44.5 Å². The summed E-state index contributed by atoms with van der Waals surface area (Å²) in [5.41, 5.74) is 3.58. The van der Waals surface area contributed by atoms with Crippen LogP contribution in [0.25, 0.3) is 5.69 Å². The fourth-order valence-corrected chi connectivity index (χ4v) is 4.40. The van der Waals surface area contributed by atoms with Crippen molar-refractivity contribution in [2.75, 3.05) is 41.0 Å². The van der Waals surface area contributed by atoms with Gasteiger partial charge in [0.25, 0.3) is 5.91 Å². The normalized spacial score (nSPS) is 13.6. The molecule has 0 saturated carbocycles. The van der Waals surface area contributed by atoms with Crippen LogP contribution in [0.15, 0.2) is 48.7 Å². The number of carbonyl (C=O) groups is 1. The van der Waals surface area contributed by atoms with Crippen LogP contribution < -0.4 is 24.8 Å². The van der Waals surface area contributed by atoms with Crippen molar-refractivity contribution >= 4 is 18.3 Å². The first-order valence-corrected chi connectivity index (χ1v) is 11.6. The molecule has 0 aliphatic carbocycles. The zero-order chi connectivity index (χ0) is 23.9. The molecule has 35 heavy (non-hydrogen) atoms. The Bertz CT molecular complexity index is 1110. The Morgan fingerprint density at radius 2 is 1.74 bits per heavy atom. The van der Waals surface area contributed by atoms with Crippen LogP contribution in [0.2, 0.25) is 0 Å². The summed E-state index contributed by atoms with van der Waals surface area (Å²) >= 11 is 0. The summed E-state index contributed by atoms with van der Waals surface area (Å²) in [6.07, 6.45) is 4.30. The second kappa shape index (κ2) is 12.5. The third-order valence-electron chi connectivity index (χ3n) is 6.24. The van der Waals surface area contributed by atoms with Crippen LogP contribution in [0.3, 0.4) is 0 Å². The minimum Gasteiger partial charge on any atom is -0.497 e. The molecule has 0 atom stereocenters. The third-order valence-corrected chi connectivity index (χ3v) is 6.24. The van der Waals surface area contributed by atoms with E-state index in [-0.39, 0.29) is 24.2 Å². The molecule has 3 aromatic rings. The summed E-state index contributed by atoms with van der Waals surface area (Å²) in [4.78, 5) is 13.2. The minimum atomic E-state index is -0.103. The Labute approximate surface area is 212 Å². The van der Waals surface area contributed by atoms with Crippen molar-refractivity contribution in [2.24, 2.45) is 0 Å². The van der Waals surface area contributed by atoms with E-state index in [9.17, 15) is 4.79 Å². The molecule has 0 unspecified atom stereocenters. The van der Waals surface area contributed by atoms with E-state index in [0.717, 1.165) is 48.6 Å². The first-order valence-electron chi connectivity index (χ1n) is 11.6. The Morgan fingerprint density at radius 1 is 1.03 bits per heavy atom. The van der Waals surface area contributed by atoms with Crippen molar-refractivity contribution in [3.8, 4) is 22.9 Å². The van der Waals surface area contributed by atoms with Gasteiger partial charge in [0.1, 0.15) is 5.75 Å². The predicted molar refractivity (Wildman–Crippen MR) is 138 cm³/mol. The SMILES string of the molecule is COc1ccc(-n2ncc(C(=O)NCCc3ccc(OC)c(OC)c3)c2C2CCNCC2)cc1.Cl. The van der Waals surface area contributed by atoms with Crippen molar-refractivity contribution in [1.82, 2.24) is 20.4 Å². The van der Waals surface area contributed by atoms with Gasteiger partial charge in [-0.1, -0.05) is 6.07 Å². The predicted octanol–water partition coefficient (Wildman–Crippen LogP) is 3.76. The Kier molecular flexibility index (Phi) is 9.39. The molecule has 1 fully saturated rings. The third kappa shape index (κ3) is 6.07. The lowest BCUT2D eigenvalue weighted by atomic mass is 9.91. The molecule has 1 aromatic heterocycles. The summed E-state index contributed by atoms with van der Waals surface area (Å²) in [6.45, 7) is 2.37. The topological polar surface area (TPSA) is 86.6 Å². The zero-order valence-corrected chi connectivity index (χ0v) is 21.2. The van der Waals surface area contributed by atoms with Gasteiger partial charge in [0.2, 0.25) is 0 Å². The van der Waals surface area contributed by atoms with Crippen molar-refractivity contribution in [2.45, 2.75) is 25.2 Å². The zero-order valence-electron chi connectivity index (χ0n) is 20.4. The molecule has 1 aliphatic heterocycles. The van der Waals surface area contributed by atoms with Crippen LogP contribution in [-0.4, -0.2) is 56.7 Å². The first kappa shape index (κ1) is 26.4. The largest absolute Gasteiger partial charge is 0.497 e. The molecule has 0 spiro atoms. The average molecular weight is 501 g/mol. The Hall–Kier alpha value is -3.23. The van der Waals surface area contributed by atoms with Crippen molar-refractivity contribution < 1.29 is 19.0 Å². The van der Waals surface area contributed by atoms with Crippen LogP contribution in [-0.2, 0) is 6.42 Å². The highest BCUT2D eigenvalue weighted by molar-refractivity contribution is 5.95. The number of hydrogen-bond acceptors (Lipinski definition) is 6. The quantitative estimate of drug-likeness (QED) is 0.465. The lowest BCUT2D eigenvalue weighted by Gasteiger charge is -2.24. The van der Waals surface area contributed by atoms with E-state index >= 15 is 0 Å². The fraction of sp³-hybridized carbons (Fsp3) is 0.385. The molecule has 2 N–H and O–H groups in total. The van der Waals surface area contributed by atoms with E-state index in [1.54, 1.807) is 27.5 Å². The minimum absolute atomic E-state index is 0. The maximum atomic E-state index is 13.2. The molecular formula is C26H33ClN4O4. The van der Waals surface area contributed by atoms with Gasteiger partial charge in [0, 0.05) is 12.5 Å². The van der Waals surface area contributed by atoms with Crippen molar-refractivity contribution in [3.05, 3.63) is 65.5 Å². The smallest absolute Gasteiger partial charge is 0.254 e. The standard InChI is InChI=1S/C26H32N4O4.ClH/c1-32-21-7-5-20(6-8-21)30-25(19-11-13-27-14-12-19)22(17-29-30)26(31)28-15-10-18-4-9-23(33-2)24(16-18)34-3;/h4-9,16-17,19,27H,10-15H2,1-3H3,(H,28,31);1H. The van der Waals surface area contributed by atoms with Crippen LogP contribution >= 0.6 is 12.4 Å². The molecule has 8 nitrogen and oxygen atoms in total. The van der Waals surface area contributed by atoms with Gasteiger partial charge in [0.15, 0.2) is 11.5 Å². The molecule has 1 saturated heterocycles. The van der Waals surface area contributed by atoms with E-state index in [1.807, 2.05) is 47.1 Å². The second-order valence-corrected chi connectivity index (χ2v) is 8.27. The molecule has 0 radical (unpaired) electrons. The van der Waals surface area contributed by atoms with Crippen molar-refractivity contribution in [1.29, 1.82) is 0 Å². The van der Waals surface area contributed by atoms with Gasteiger partial charge in [-0.15, -0.1) is 12.4 Å². The molecule has 2 heterocycles. The van der Waals surface area contributed by atoms with E-state index < -0.39 is 0 Å². The fourth-order valence-electron chi connectivity index (χ4n) is 4.40. The number of nitrogens with one attached hydrogen (secondary N) is 2. The molecule has 4 rings (SSSR count). The summed E-state index contributed by atoms with van der Waals surface area (Å²) in [6, 6.07) is 13.6. The molecular weight excluding hydrogens is 468 g/mol. The highest BCUT2D eigenvalue weighted by Gasteiger charge is 2.27. The molecule has 0 bridgehead atoms. The lowest BCUT2D eigenvalue weighted by molar-refractivity contribution is 0.0952. The molecule has 1 amide bonds. The Morgan fingerprint density at radius 3 is 2.40 bits per heavy atom. The molecule has 2 aromatic carbocycles. The number of piperidine rings is 1. The monoisotopic (exact) mass is 500 g/mol. The number of amides is 1.